The van der Waals surface area contributed by atoms with Gasteiger partial charge in [-0.05, 0) is 30.9 Å². The number of benzene rings is 1. The van der Waals surface area contributed by atoms with E-state index in [0.29, 0.717) is 12.5 Å². The fourth-order valence-corrected chi connectivity index (χ4v) is 2.91. The van der Waals surface area contributed by atoms with Gasteiger partial charge in [-0.1, -0.05) is 23.2 Å². The van der Waals surface area contributed by atoms with Crippen molar-refractivity contribution >= 4 is 34.8 Å². The zero-order valence-corrected chi connectivity index (χ0v) is 16.2. The van der Waals surface area contributed by atoms with E-state index in [9.17, 15) is 13.6 Å². The van der Waals surface area contributed by atoms with Gasteiger partial charge in [0.1, 0.15) is 0 Å². The molecule has 0 unspecified atom stereocenters. The van der Waals surface area contributed by atoms with Crippen LogP contribution in [0.15, 0.2) is 24.5 Å². The highest BCUT2D eigenvalue weighted by molar-refractivity contribution is 6.39. The van der Waals surface area contributed by atoms with E-state index in [4.69, 9.17) is 32.7 Å². The van der Waals surface area contributed by atoms with E-state index in [2.05, 4.69) is 15.0 Å². The third kappa shape index (κ3) is 4.74. The van der Waals surface area contributed by atoms with Gasteiger partial charge in [-0.25, -0.2) is 0 Å². The molecular formula is C18H16Cl2F2N2O4. The molecular weight excluding hydrogens is 417 g/mol. The third-order valence-electron chi connectivity index (χ3n) is 3.99. The van der Waals surface area contributed by atoms with Crippen LogP contribution in [0.5, 0.6) is 17.2 Å². The molecule has 0 aliphatic heterocycles. The highest BCUT2D eigenvalue weighted by Gasteiger charge is 2.27. The molecule has 1 aromatic carbocycles. The summed E-state index contributed by atoms with van der Waals surface area (Å²) in [5.41, 5.74) is 0.206. The minimum Gasteiger partial charge on any atom is -0.492 e. The molecule has 1 fully saturated rings. The molecule has 1 saturated carbocycles. The quantitative estimate of drug-likeness (QED) is 0.632. The molecule has 0 radical (unpaired) electrons. The topological polar surface area (TPSA) is 69.7 Å². The van der Waals surface area contributed by atoms with Crippen LogP contribution in [0.2, 0.25) is 10.0 Å². The highest BCUT2D eigenvalue weighted by atomic mass is 35.5. The van der Waals surface area contributed by atoms with Crippen molar-refractivity contribution in [3.8, 4) is 17.2 Å². The maximum absolute atomic E-state index is 12.8. The van der Waals surface area contributed by atoms with E-state index in [1.807, 2.05) is 0 Å². The Bertz CT molecular complexity index is 859. The molecule has 3 rings (SSSR count). The summed E-state index contributed by atoms with van der Waals surface area (Å²) in [5, 5.41) is 2.85. The summed E-state index contributed by atoms with van der Waals surface area (Å²) in [6, 6.07) is 2.51. The summed E-state index contributed by atoms with van der Waals surface area (Å²) in [4.78, 5) is 16.6. The number of rotatable bonds is 8. The lowest BCUT2D eigenvalue weighted by molar-refractivity contribution is -0.0516. The highest BCUT2D eigenvalue weighted by Crippen LogP contribution is 2.43. The number of aromatic nitrogens is 1. The van der Waals surface area contributed by atoms with E-state index in [1.165, 1.54) is 31.6 Å². The van der Waals surface area contributed by atoms with E-state index in [0.717, 1.165) is 12.8 Å². The van der Waals surface area contributed by atoms with Crippen molar-refractivity contribution in [3.05, 3.63) is 40.1 Å². The summed E-state index contributed by atoms with van der Waals surface area (Å²) >= 11 is 12.0. The van der Waals surface area contributed by atoms with Crippen LogP contribution in [0, 0.1) is 5.92 Å². The molecule has 1 amide bonds. The van der Waals surface area contributed by atoms with Gasteiger partial charge in [0.25, 0.3) is 5.91 Å². The van der Waals surface area contributed by atoms with Crippen molar-refractivity contribution in [2.24, 2.45) is 5.92 Å². The Morgan fingerprint density at radius 2 is 1.93 bits per heavy atom. The number of hydrogen-bond donors (Lipinski definition) is 1. The van der Waals surface area contributed by atoms with Gasteiger partial charge in [0.2, 0.25) is 5.75 Å². The number of halogens is 4. The number of carbonyl (C=O) groups is 1. The van der Waals surface area contributed by atoms with Crippen LogP contribution in [0.3, 0.4) is 0 Å². The Balaban J connectivity index is 1.94. The van der Waals surface area contributed by atoms with Crippen LogP contribution < -0.4 is 19.5 Å². The second-order valence-corrected chi connectivity index (χ2v) is 6.85. The molecule has 1 N–H and O–H groups in total. The molecule has 10 heteroatoms. The maximum atomic E-state index is 12.8. The third-order valence-corrected chi connectivity index (χ3v) is 4.57. The lowest BCUT2D eigenvalue weighted by Crippen LogP contribution is -2.16. The Hall–Kier alpha value is -2.32. The van der Waals surface area contributed by atoms with Crippen LogP contribution in [-0.2, 0) is 0 Å². The monoisotopic (exact) mass is 432 g/mol. The first-order chi connectivity index (χ1) is 13.4. The predicted molar refractivity (Wildman–Crippen MR) is 100 cm³/mol. The largest absolute Gasteiger partial charge is 0.492 e. The van der Waals surface area contributed by atoms with Gasteiger partial charge in [-0.15, -0.1) is 0 Å². The molecule has 0 atom stereocenters. The minimum atomic E-state index is -3.05. The molecule has 1 aromatic heterocycles. The molecule has 0 spiro atoms. The first-order valence-electron chi connectivity index (χ1n) is 8.29. The molecule has 1 aliphatic rings. The average molecular weight is 433 g/mol. The van der Waals surface area contributed by atoms with Crippen molar-refractivity contribution in [3.63, 3.8) is 0 Å². The second kappa shape index (κ2) is 8.79. The molecule has 6 nitrogen and oxygen atoms in total. The van der Waals surface area contributed by atoms with Gasteiger partial charge in [0.15, 0.2) is 11.5 Å². The maximum Gasteiger partial charge on any atom is 0.387 e. The number of methoxy groups -OCH3 is 1. The van der Waals surface area contributed by atoms with Crippen LogP contribution in [-0.4, -0.2) is 31.2 Å². The van der Waals surface area contributed by atoms with E-state index < -0.39 is 12.5 Å². The minimum absolute atomic E-state index is 0.0300. The van der Waals surface area contributed by atoms with Crippen LogP contribution in [0.1, 0.15) is 23.2 Å². The van der Waals surface area contributed by atoms with Crippen molar-refractivity contribution in [1.29, 1.82) is 0 Å². The fraction of sp³-hybridized carbons (Fsp3) is 0.333. The van der Waals surface area contributed by atoms with Crippen molar-refractivity contribution in [1.82, 2.24) is 4.98 Å². The number of amides is 1. The summed E-state index contributed by atoms with van der Waals surface area (Å²) in [7, 11) is 1.30. The summed E-state index contributed by atoms with van der Waals surface area (Å²) in [6.45, 7) is -2.75. The zero-order chi connectivity index (χ0) is 20.3. The molecule has 0 saturated heterocycles. The number of carbonyl (C=O) groups excluding carboxylic acids is 1. The van der Waals surface area contributed by atoms with E-state index >= 15 is 0 Å². The van der Waals surface area contributed by atoms with Crippen LogP contribution in [0.25, 0.3) is 0 Å². The van der Waals surface area contributed by atoms with Crippen molar-refractivity contribution < 1.29 is 27.8 Å². The second-order valence-electron chi connectivity index (χ2n) is 6.04. The number of nitrogens with one attached hydrogen (secondary N) is 1. The Labute approximate surface area is 169 Å². The molecule has 1 aliphatic carbocycles. The van der Waals surface area contributed by atoms with Gasteiger partial charge in [0.05, 0.1) is 35.0 Å². The van der Waals surface area contributed by atoms with Crippen molar-refractivity contribution in [2.45, 2.75) is 19.5 Å². The zero-order valence-electron chi connectivity index (χ0n) is 14.7. The normalized spacial score (nSPS) is 13.4. The average Bonchev–Trinajstić information content (AvgIpc) is 3.47. The van der Waals surface area contributed by atoms with Crippen LogP contribution >= 0.6 is 23.2 Å². The SMILES string of the molecule is COc1c(C(=O)Nc2c(Cl)cncc2Cl)ccc(OC(F)F)c1OCC1CC1. The van der Waals surface area contributed by atoms with Crippen LogP contribution in [0.4, 0.5) is 14.5 Å². The lowest BCUT2D eigenvalue weighted by atomic mass is 10.1. The number of ether oxygens (including phenoxy) is 3. The summed E-state index contributed by atoms with van der Waals surface area (Å²) in [5.74, 6) is -0.585. The number of anilines is 1. The van der Waals surface area contributed by atoms with Gasteiger partial charge in [-0.3, -0.25) is 9.78 Å². The summed E-state index contributed by atoms with van der Waals surface area (Å²) < 4.78 is 40.9. The molecule has 0 bridgehead atoms. The smallest absolute Gasteiger partial charge is 0.387 e. The standard InChI is InChI=1S/C18H16Cl2F2N2O4/c1-26-15-10(17(25)24-14-11(19)6-23-7-12(14)20)4-5-13(28-18(21)22)16(15)27-8-9-2-3-9/h4-7,9,18H,2-3,8H2,1H3,(H,23,24,25). The number of pyridine rings is 1. The Morgan fingerprint density at radius 3 is 2.50 bits per heavy atom. The summed E-state index contributed by atoms with van der Waals surface area (Å²) in [6.07, 6.45) is 4.63. The molecule has 28 heavy (non-hydrogen) atoms. The first-order valence-corrected chi connectivity index (χ1v) is 9.05. The first kappa shape index (κ1) is 20.4. The molecule has 1 heterocycles. The number of hydrogen-bond acceptors (Lipinski definition) is 5. The fourth-order valence-electron chi connectivity index (χ4n) is 2.45. The Kier molecular flexibility index (Phi) is 6.41. The van der Waals surface area contributed by atoms with Gasteiger partial charge in [0, 0.05) is 12.4 Å². The lowest BCUT2D eigenvalue weighted by Gasteiger charge is -2.18. The van der Waals surface area contributed by atoms with E-state index in [1.54, 1.807) is 0 Å². The van der Waals surface area contributed by atoms with Gasteiger partial charge in [-0.2, -0.15) is 8.78 Å². The number of alkyl halides is 2. The van der Waals surface area contributed by atoms with E-state index in [-0.39, 0.29) is 38.5 Å². The Morgan fingerprint density at radius 1 is 1.25 bits per heavy atom. The number of nitrogens with zero attached hydrogens (tertiary/aromatic N) is 1. The van der Waals surface area contributed by atoms with Gasteiger partial charge >= 0.3 is 6.61 Å². The predicted octanol–water partition coefficient (Wildman–Crippen LogP) is 5.04. The van der Waals surface area contributed by atoms with Crippen molar-refractivity contribution in [2.75, 3.05) is 19.0 Å². The molecule has 150 valence electrons. The van der Waals surface area contributed by atoms with Gasteiger partial charge < -0.3 is 19.5 Å². The molecule has 2 aromatic rings.